The van der Waals surface area contributed by atoms with Crippen LogP contribution in [0.4, 0.5) is 5.69 Å². The molecule has 5 nitrogen and oxygen atoms in total. The number of anilines is 1. The largest absolute Gasteiger partial charge is 0.437 e. The molecule has 0 radical (unpaired) electrons. The molecule has 1 aliphatic rings. The second-order valence-corrected chi connectivity index (χ2v) is 5.59. The highest BCUT2D eigenvalue weighted by atomic mass is 16.5. The van der Waals surface area contributed by atoms with Crippen LogP contribution < -0.4 is 10.1 Å². The molecule has 1 N–H and O–H groups in total. The number of carbonyl (C=O) groups excluding carboxylic acids is 1. The Morgan fingerprint density at radius 3 is 2.52 bits per heavy atom. The Morgan fingerprint density at radius 1 is 1.04 bits per heavy atom. The molecular weight excluding hydrogens is 290 g/mol. The quantitative estimate of drug-likeness (QED) is 0.797. The van der Waals surface area contributed by atoms with Crippen molar-refractivity contribution < 1.29 is 9.53 Å². The van der Waals surface area contributed by atoms with Crippen molar-refractivity contribution in [3.05, 3.63) is 54.7 Å². The van der Waals surface area contributed by atoms with E-state index in [1.807, 2.05) is 36.4 Å². The molecule has 0 saturated heterocycles. The predicted molar refractivity (Wildman–Crippen MR) is 87.4 cm³/mol. The number of nitrogens with zero attached hydrogens (tertiary/aromatic N) is 2. The maximum atomic E-state index is 11.7. The molecule has 0 atom stereocenters. The smallest absolute Gasteiger partial charge is 0.238 e. The molecule has 1 saturated carbocycles. The van der Waals surface area contributed by atoms with Gasteiger partial charge < -0.3 is 10.1 Å². The minimum absolute atomic E-state index is 0.0964. The fourth-order valence-electron chi connectivity index (χ4n) is 2.31. The summed E-state index contributed by atoms with van der Waals surface area (Å²) in [5.41, 5.74) is 2.40. The Kier molecular flexibility index (Phi) is 3.38. The number of hydrogen-bond donors (Lipinski definition) is 1. The number of hydrogen-bond acceptors (Lipinski definition) is 4. The van der Waals surface area contributed by atoms with Gasteiger partial charge in [-0.2, -0.15) is 0 Å². The van der Waals surface area contributed by atoms with Gasteiger partial charge >= 0.3 is 0 Å². The molecule has 4 rings (SSSR count). The standard InChI is InChI=1S/C18H15N3O2/c22-18(12-5-6-12)20-13-7-9-14(10-8-13)23-17-11-19-15-3-1-2-4-16(15)21-17/h1-4,7-12H,5-6H2,(H,20,22). The van der Waals surface area contributed by atoms with E-state index < -0.39 is 0 Å². The molecule has 1 aliphatic carbocycles. The van der Waals surface area contributed by atoms with E-state index in [1.165, 1.54) is 0 Å². The number of rotatable bonds is 4. The topological polar surface area (TPSA) is 64.1 Å². The third-order valence-electron chi connectivity index (χ3n) is 3.72. The molecule has 2 aromatic carbocycles. The molecule has 0 aliphatic heterocycles. The van der Waals surface area contributed by atoms with Crippen LogP contribution in [-0.4, -0.2) is 15.9 Å². The third-order valence-corrected chi connectivity index (χ3v) is 3.72. The number of para-hydroxylation sites is 2. The number of benzene rings is 2. The first-order chi connectivity index (χ1) is 11.3. The summed E-state index contributed by atoms with van der Waals surface area (Å²) in [5, 5.41) is 2.90. The number of aromatic nitrogens is 2. The van der Waals surface area contributed by atoms with E-state index in [9.17, 15) is 4.79 Å². The van der Waals surface area contributed by atoms with Crippen LogP contribution >= 0.6 is 0 Å². The van der Waals surface area contributed by atoms with Gasteiger partial charge in [0.2, 0.25) is 11.8 Å². The summed E-state index contributed by atoms with van der Waals surface area (Å²) in [6.07, 6.45) is 3.59. The molecule has 3 aromatic rings. The van der Waals surface area contributed by atoms with Crippen LogP contribution in [0.5, 0.6) is 11.6 Å². The summed E-state index contributed by atoms with van der Waals surface area (Å²) in [6, 6.07) is 14.9. The number of ether oxygens (including phenoxy) is 1. The zero-order chi connectivity index (χ0) is 15.6. The van der Waals surface area contributed by atoms with Crippen molar-refractivity contribution >= 4 is 22.6 Å². The fourth-order valence-corrected chi connectivity index (χ4v) is 2.31. The van der Waals surface area contributed by atoms with Crippen LogP contribution in [0.1, 0.15) is 12.8 Å². The Balaban J connectivity index is 1.47. The second-order valence-electron chi connectivity index (χ2n) is 5.59. The average molecular weight is 305 g/mol. The van der Waals surface area contributed by atoms with Gasteiger partial charge in [0.25, 0.3) is 0 Å². The summed E-state index contributed by atoms with van der Waals surface area (Å²) in [7, 11) is 0. The zero-order valence-corrected chi connectivity index (χ0v) is 12.4. The van der Waals surface area contributed by atoms with Crippen LogP contribution in [0.25, 0.3) is 11.0 Å². The number of carbonyl (C=O) groups is 1. The normalized spacial score (nSPS) is 13.7. The highest BCUT2D eigenvalue weighted by molar-refractivity contribution is 5.94. The first-order valence-corrected chi connectivity index (χ1v) is 7.58. The van der Waals surface area contributed by atoms with E-state index >= 15 is 0 Å². The lowest BCUT2D eigenvalue weighted by molar-refractivity contribution is -0.117. The molecule has 1 fully saturated rings. The van der Waals surface area contributed by atoms with Crippen LogP contribution in [0.3, 0.4) is 0 Å². The van der Waals surface area contributed by atoms with Crippen molar-refractivity contribution in [3.63, 3.8) is 0 Å². The Morgan fingerprint density at radius 2 is 1.78 bits per heavy atom. The van der Waals surface area contributed by atoms with E-state index in [0.29, 0.717) is 11.6 Å². The van der Waals surface area contributed by atoms with Crippen LogP contribution in [0.2, 0.25) is 0 Å². The molecule has 114 valence electrons. The monoisotopic (exact) mass is 305 g/mol. The van der Waals surface area contributed by atoms with Gasteiger partial charge in [-0.15, -0.1) is 0 Å². The van der Waals surface area contributed by atoms with Gasteiger partial charge in [0.15, 0.2) is 0 Å². The first-order valence-electron chi connectivity index (χ1n) is 7.58. The first kappa shape index (κ1) is 13.7. The van der Waals surface area contributed by atoms with Gasteiger partial charge in [0.05, 0.1) is 17.2 Å². The molecule has 5 heteroatoms. The lowest BCUT2D eigenvalue weighted by Gasteiger charge is -2.07. The SMILES string of the molecule is O=C(Nc1ccc(Oc2cnc3ccccc3n2)cc1)C1CC1. The van der Waals surface area contributed by atoms with Gasteiger partial charge in [-0.3, -0.25) is 4.79 Å². The van der Waals surface area contributed by atoms with Crippen molar-refractivity contribution in [1.29, 1.82) is 0 Å². The second kappa shape index (κ2) is 5.68. The molecule has 23 heavy (non-hydrogen) atoms. The van der Waals surface area contributed by atoms with Gasteiger partial charge in [-0.1, -0.05) is 12.1 Å². The minimum Gasteiger partial charge on any atom is -0.437 e. The fraction of sp³-hybridized carbons (Fsp3) is 0.167. The van der Waals surface area contributed by atoms with E-state index in [4.69, 9.17) is 4.74 Å². The van der Waals surface area contributed by atoms with E-state index in [0.717, 1.165) is 29.6 Å². The highest BCUT2D eigenvalue weighted by Gasteiger charge is 2.29. The van der Waals surface area contributed by atoms with Crippen molar-refractivity contribution in [1.82, 2.24) is 9.97 Å². The summed E-state index contributed by atoms with van der Waals surface area (Å²) in [5.74, 6) is 1.38. The average Bonchev–Trinajstić information content (AvgIpc) is 3.42. The molecule has 0 spiro atoms. The van der Waals surface area contributed by atoms with Crippen LogP contribution in [-0.2, 0) is 4.79 Å². The lowest BCUT2D eigenvalue weighted by Crippen LogP contribution is -2.12. The van der Waals surface area contributed by atoms with Crippen LogP contribution in [0, 0.1) is 5.92 Å². The van der Waals surface area contributed by atoms with Gasteiger partial charge in [0.1, 0.15) is 5.75 Å². The van der Waals surface area contributed by atoms with Gasteiger partial charge in [-0.25, -0.2) is 9.97 Å². The van der Waals surface area contributed by atoms with Crippen molar-refractivity contribution in [3.8, 4) is 11.6 Å². The molecular formula is C18H15N3O2. The summed E-state index contributed by atoms with van der Waals surface area (Å²) in [4.78, 5) is 20.4. The molecule has 1 aromatic heterocycles. The van der Waals surface area contributed by atoms with Gasteiger partial charge in [-0.05, 0) is 49.2 Å². The zero-order valence-electron chi connectivity index (χ0n) is 12.4. The highest BCUT2D eigenvalue weighted by Crippen LogP contribution is 2.30. The Hall–Kier alpha value is -2.95. The maximum absolute atomic E-state index is 11.7. The number of amides is 1. The minimum atomic E-state index is 0.0964. The van der Waals surface area contributed by atoms with E-state index in [2.05, 4.69) is 15.3 Å². The maximum Gasteiger partial charge on any atom is 0.238 e. The molecule has 1 heterocycles. The summed E-state index contributed by atoms with van der Waals surface area (Å²) >= 11 is 0. The number of nitrogens with one attached hydrogen (secondary N) is 1. The molecule has 0 bridgehead atoms. The van der Waals surface area contributed by atoms with Crippen molar-refractivity contribution in [2.45, 2.75) is 12.8 Å². The lowest BCUT2D eigenvalue weighted by atomic mass is 10.3. The Labute approximate surface area is 133 Å². The molecule has 1 amide bonds. The van der Waals surface area contributed by atoms with Crippen molar-refractivity contribution in [2.24, 2.45) is 5.92 Å². The Bertz CT molecular complexity index is 858. The van der Waals surface area contributed by atoms with E-state index in [-0.39, 0.29) is 11.8 Å². The third kappa shape index (κ3) is 3.13. The molecule has 0 unspecified atom stereocenters. The van der Waals surface area contributed by atoms with E-state index in [1.54, 1.807) is 18.3 Å². The summed E-state index contributed by atoms with van der Waals surface area (Å²) in [6.45, 7) is 0. The predicted octanol–water partition coefficient (Wildman–Crippen LogP) is 3.77. The summed E-state index contributed by atoms with van der Waals surface area (Å²) < 4.78 is 5.72. The van der Waals surface area contributed by atoms with Crippen molar-refractivity contribution in [2.75, 3.05) is 5.32 Å². The van der Waals surface area contributed by atoms with Crippen LogP contribution in [0.15, 0.2) is 54.7 Å². The van der Waals surface area contributed by atoms with Gasteiger partial charge in [0, 0.05) is 11.6 Å². The number of fused-ring (bicyclic) bond motifs is 1.